The van der Waals surface area contributed by atoms with E-state index in [1.165, 1.54) is 0 Å². The summed E-state index contributed by atoms with van der Waals surface area (Å²) in [5, 5.41) is 4.17. The van der Waals surface area contributed by atoms with Gasteiger partial charge in [0.1, 0.15) is 6.04 Å². The highest BCUT2D eigenvalue weighted by molar-refractivity contribution is 5.83. The fourth-order valence-electron chi connectivity index (χ4n) is 3.97. The van der Waals surface area contributed by atoms with Crippen molar-refractivity contribution in [3.63, 3.8) is 0 Å². The van der Waals surface area contributed by atoms with E-state index in [-0.39, 0.29) is 17.9 Å². The number of pyridine rings is 1. The van der Waals surface area contributed by atoms with Crippen LogP contribution in [-0.4, -0.2) is 45.4 Å². The molecule has 0 saturated carbocycles. The van der Waals surface area contributed by atoms with E-state index >= 15 is 0 Å². The minimum atomic E-state index is -0.670. The van der Waals surface area contributed by atoms with E-state index in [4.69, 9.17) is 5.73 Å². The minimum absolute atomic E-state index is 0.0516. The van der Waals surface area contributed by atoms with Crippen LogP contribution in [0.2, 0.25) is 0 Å². The number of hydrogen-bond donors (Lipinski definition) is 2. The van der Waals surface area contributed by atoms with Crippen LogP contribution in [0.5, 0.6) is 0 Å². The third kappa shape index (κ3) is 4.52. The fourth-order valence-corrected chi connectivity index (χ4v) is 3.97. The molecule has 2 amide bonds. The molecule has 0 radical (unpaired) electrons. The average Bonchev–Trinajstić information content (AvgIpc) is 3.21. The number of nitrogens with two attached hydrogens (primary N) is 1. The third-order valence-electron chi connectivity index (χ3n) is 5.78. The van der Waals surface area contributed by atoms with Crippen molar-refractivity contribution in [2.75, 3.05) is 13.1 Å². The lowest BCUT2D eigenvalue weighted by molar-refractivity contribution is -0.132. The molecule has 1 atom stereocenters. The molecule has 0 spiro atoms. The first-order valence-corrected chi connectivity index (χ1v) is 10.4. The lowest BCUT2D eigenvalue weighted by Gasteiger charge is -2.33. The number of carbonyl (C=O) groups is 2. The van der Waals surface area contributed by atoms with E-state index < -0.39 is 6.04 Å². The Morgan fingerprint density at radius 2 is 1.90 bits per heavy atom. The van der Waals surface area contributed by atoms with Crippen molar-refractivity contribution in [2.24, 2.45) is 5.73 Å². The summed E-state index contributed by atoms with van der Waals surface area (Å²) in [6.45, 7) is 1.94. The van der Waals surface area contributed by atoms with Gasteiger partial charge in [0.05, 0.1) is 11.7 Å². The second kappa shape index (κ2) is 9.09. The molecule has 2 aromatic heterocycles. The molecular formula is C23H27N5O2. The van der Waals surface area contributed by atoms with Crippen LogP contribution in [0.1, 0.15) is 30.9 Å². The topological polar surface area (TPSA) is 93.3 Å². The minimum Gasteiger partial charge on any atom is -0.352 e. The predicted octanol–water partition coefficient (Wildman–Crippen LogP) is 2.23. The van der Waals surface area contributed by atoms with Gasteiger partial charge in [-0.2, -0.15) is 0 Å². The van der Waals surface area contributed by atoms with Crippen molar-refractivity contribution < 1.29 is 9.59 Å². The molecule has 1 unspecified atom stereocenters. The molecule has 3 heterocycles. The smallest absolute Gasteiger partial charge is 0.241 e. The van der Waals surface area contributed by atoms with Gasteiger partial charge in [0.25, 0.3) is 0 Å². The molecule has 7 heteroatoms. The van der Waals surface area contributed by atoms with Gasteiger partial charge in [0.2, 0.25) is 11.8 Å². The van der Waals surface area contributed by atoms with Gasteiger partial charge in [-0.3, -0.25) is 14.6 Å². The number of rotatable bonds is 6. The molecule has 1 fully saturated rings. The van der Waals surface area contributed by atoms with E-state index in [2.05, 4.69) is 14.9 Å². The number of nitrogens with zero attached hydrogens (tertiary/aromatic N) is 3. The summed E-state index contributed by atoms with van der Waals surface area (Å²) < 4.78 is 2.07. The van der Waals surface area contributed by atoms with Crippen LogP contribution in [0, 0.1) is 0 Å². The van der Waals surface area contributed by atoms with Crippen molar-refractivity contribution in [1.82, 2.24) is 19.8 Å². The van der Waals surface area contributed by atoms with Crippen molar-refractivity contribution in [1.29, 1.82) is 0 Å². The zero-order valence-corrected chi connectivity index (χ0v) is 16.9. The Morgan fingerprint density at radius 3 is 2.67 bits per heavy atom. The predicted molar refractivity (Wildman–Crippen MR) is 115 cm³/mol. The van der Waals surface area contributed by atoms with Gasteiger partial charge in [-0.15, -0.1) is 0 Å². The number of nitrogens with one attached hydrogen (secondary N) is 1. The fraction of sp³-hybridized carbons (Fsp3) is 0.348. The Morgan fingerprint density at radius 1 is 1.13 bits per heavy atom. The van der Waals surface area contributed by atoms with Gasteiger partial charge >= 0.3 is 0 Å². The Labute approximate surface area is 175 Å². The van der Waals surface area contributed by atoms with Gasteiger partial charge in [0, 0.05) is 49.9 Å². The van der Waals surface area contributed by atoms with Crippen LogP contribution < -0.4 is 11.1 Å². The van der Waals surface area contributed by atoms with E-state index in [1.807, 2.05) is 59.8 Å². The van der Waals surface area contributed by atoms with Gasteiger partial charge in [-0.05, 0) is 30.5 Å². The zero-order chi connectivity index (χ0) is 20.9. The number of aromatic nitrogens is 2. The summed E-state index contributed by atoms with van der Waals surface area (Å²) in [5.41, 5.74) is 7.92. The lowest BCUT2D eigenvalue weighted by Crippen LogP contribution is -2.48. The summed E-state index contributed by atoms with van der Waals surface area (Å²) in [6.07, 6.45) is 7.54. The Kier molecular flexibility index (Phi) is 6.09. The molecule has 1 aromatic carbocycles. The van der Waals surface area contributed by atoms with E-state index in [9.17, 15) is 9.59 Å². The summed E-state index contributed by atoms with van der Waals surface area (Å²) in [6, 6.07) is 12.8. The van der Waals surface area contributed by atoms with Crippen molar-refractivity contribution in [3.05, 3.63) is 66.6 Å². The maximum Gasteiger partial charge on any atom is 0.241 e. The van der Waals surface area contributed by atoms with Crippen molar-refractivity contribution in [3.8, 4) is 0 Å². The number of fused-ring (bicyclic) bond motifs is 1. The summed E-state index contributed by atoms with van der Waals surface area (Å²) in [4.78, 5) is 31.1. The van der Waals surface area contributed by atoms with Gasteiger partial charge < -0.3 is 20.5 Å². The highest BCUT2D eigenvalue weighted by Gasteiger charge is 2.25. The molecule has 4 rings (SSSR count). The van der Waals surface area contributed by atoms with E-state index in [1.54, 1.807) is 6.20 Å². The quantitative estimate of drug-likeness (QED) is 0.658. The number of hydrogen-bond acceptors (Lipinski definition) is 4. The molecule has 30 heavy (non-hydrogen) atoms. The molecule has 1 aliphatic rings. The first-order valence-electron chi connectivity index (χ1n) is 10.4. The van der Waals surface area contributed by atoms with Crippen molar-refractivity contribution >= 4 is 22.7 Å². The maximum absolute atomic E-state index is 12.6. The van der Waals surface area contributed by atoms with Crippen LogP contribution in [0.25, 0.3) is 10.9 Å². The number of benzene rings is 1. The summed E-state index contributed by atoms with van der Waals surface area (Å²) >= 11 is 0. The molecule has 156 valence electrons. The summed E-state index contributed by atoms with van der Waals surface area (Å²) in [7, 11) is 0. The molecule has 7 nitrogen and oxygen atoms in total. The monoisotopic (exact) mass is 405 g/mol. The number of aryl methyl sites for hydroxylation is 1. The zero-order valence-electron chi connectivity index (χ0n) is 16.9. The van der Waals surface area contributed by atoms with Gasteiger partial charge in [-0.1, -0.05) is 30.3 Å². The molecule has 3 N–H and O–H groups in total. The SMILES string of the molecule is NC(C(=O)NC1CCN(C(=O)CCn2ccc3ccncc32)CC1)c1ccccc1. The maximum atomic E-state index is 12.6. The van der Waals surface area contributed by atoms with Crippen LogP contribution in [0.4, 0.5) is 0 Å². The standard InChI is InChI=1S/C23H27N5O2/c24-22(18-4-2-1-3-5-18)23(30)26-19-8-13-28(14-9-19)21(29)10-15-27-12-7-17-6-11-25-16-20(17)27/h1-7,11-12,16,19,22H,8-10,13-15,24H2,(H,26,30). The lowest BCUT2D eigenvalue weighted by atomic mass is 10.0. The first-order chi connectivity index (χ1) is 14.6. The normalized spacial score (nSPS) is 15.8. The van der Waals surface area contributed by atoms with Crippen molar-refractivity contribution in [2.45, 2.75) is 37.9 Å². The molecule has 3 aromatic rings. The Balaban J connectivity index is 1.24. The molecular weight excluding hydrogens is 378 g/mol. The van der Waals surface area contributed by atoms with E-state index in [0.717, 1.165) is 29.3 Å². The van der Waals surface area contributed by atoms with Crippen LogP contribution >= 0.6 is 0 Å². The Bertz CT molecular complexity index is 1010. The average molecular weight is 406 g/mol. The first kappa shape index (κ1) is 20.1. The summed E-state index contributed by atoms with van der Waals surface area (Å²) in [5.74, 6) is -0.0226. The highest BCUT2D eigenvalue weighted by atomic mass is 16.2. The number of carbonyl (C=O) groups excluding carboxylic acids is 2. The molecule has 1 aliphatic heterocycles. The molecule has 0 bridgehead atoms. The second-order valence-corrected chi connectivity index (χ2v) is 7.75. The van der Waals surface area contributed by atoms with E-state index in [0.29, 0.717) is 26.1 Å². The molecule has 0 aliphatic carbocycles. The Hall–Kier alpha value is -3.19. The third-order valence-corrected chi connectivity index (χ3v) is 5.78. The largest absolute Gasteiger partial charge is 0.352 e. The molecule has 1 saturated heterocycles. The number of likely N-dealkylation sites (tertiary alicyclic amines) is 1. The number of amides is 2. The van der Waals surface area contributed by atoms with Crippen LogP contribution in [-0.2, 0) is 16.1 Å². The van der Waals surface area contributed by atoms with Gasteiger partial charge in [0.15, 0.2) is 0 Å². The second-order valence-electron chi connectivity index (χ2n) is 7.75. The highest BCUT2D eigenvalue weighted by Crippen LogP contribution is 2.17. The number of piperidine rings is 1. The van der Waals surface area contributed by atoms with Gasteiger partial charge in [-0.25, -0.2) is 0 Å². The van der Waals surface area contributed by atoms with Crippen LogP contribution in [0.15, 0.2) is 61.1 Å². The van der Waals surface area contributed by atoms with Crippen LogP contribution in [0.3, 0.4) is 0 Å².